The molecule has 11 heteroatoms. The Hall–Kier alpha value is -3.37. The van der Waals surface area contributed by atoms with Gasteiger partial charge in [0, 0.05) is 12.1 Å². The van der Waals surface area contributed by atoms with Crippen molar-refractivity contribution in [2.24, 2.45) is 5.73 Å². The minimum absolute atomic E-state index is 0.0718. The van der Waals surface area contributed by atoms with E-state index in [2.05, 4.69) is 0 Å². The molecule has 2 heterocycles. The molecule has 0 aliphatic carbocycles. The lowest BCUT2D eigenvalue weighted by Gasteiger charge is -2.27. The van der Waals surface area contributed by atoms with Crippen LogP contribution in [0, 0.1) is 10.1 Å². The van der Waals surface area contributed by atoms with Crippen molar-refractivity contribution in [1.82, 2.24) is 0 Å². The van der Waals surface area contributed by atoms with Gasteiger partial charge in [-0.05, 0) is 25.5 Å². The second-order valence-electron chi connectivity index (χ2n) is 6.66. The van der Waals surface area contributed by atoms with Crippen molar-refractivity contribution in [3.05, 3.63) is 78.2 Å². The molecular weight excluding hydrogens is 420 g/mol. The van der Waals surface area contributed by atoms with Gasteiger partial charge in [-0.1, -0.05) is 17.7 Å². The highest BCUT2D eigenvalue weighted by Crippen LogP contribution is 2.43. The van der Waals surface area contributed by atoms with Gasteiger partial charge in [0.05, 0.1) is 16.9 Å². The number of fused-ring (bicyclic) bond motifs is 1. The first kappa shape index (κ1) is 21.3. The minimum Gasteiger partial charge on any atom is -0.459 e. The molecule has 1 aromatic carbocycles. The van der Waals surface area contributed by atoms with Crippen molar-refractivity contribution in [2.75, 3.05) is 0 Å². The number of halogens is 1. The molecule has 1 aromatic heterocycles. The molecule has 3 rings (SSSR count). The molecule has 0 saturated heterocycles. The SMILES string of the molecule is CC(C)OC(=O)C1=C(N)Oc2c(oc(CO)cc2=O)[C@H]1c1ccc([N+](=O)[O-])c(Cl)c1. The lowest BCUT2D eigenvalue weighted by molar-refractivity contribution is -0.384. The Kier molecular flexibility index (Phi) is 5.81. The maximum Gasteiger partial charge on any atom is 0.340 e. The van der Waals surface area contributed by atoms with E-state index in [1.807, 2.05) is 0 Å². The van der Waals surface area contributed by atoms with E-state index < -0.39 is 35.0 Å². The van der Waals surface area contributed by atoms with Crippen molar-refractivity contribution in [1.29, 1.82) is 0 Å². The van der Waals surface area contributed by atoms with E-state index in [0.29, 0.717) is 0 Å². The van der Waals surface area contributed by atoms with Gasteiger partial charge in [-0.25, -0.2) is 4.79 Å². The van der Waals surface area contributed by atoms with E-state index in [-0.39, 0.29) is 45.0 Å². The topological polar surface area (TPSA) is 155 Å². The van der Waals surface area contributed by atoms with Gasteiger partial charge in [0.1, 0.15) is 23.0 Å². The van der Waals surface area contributed by atoms with Crippen LogP contribution in [0.2, 0.25) is 5.02 Å². The summed E-state index contributed by atoms with van der Waals surface area (Å²) in [5.74, 6) is -2.78. The first-order chi connectivity index (χ1) is 14.1. The molecule has 10 nitrogen and oxygen atoms in total. The quantitative estimate of drug-likeness (QED) is 0.408. The third-order valence-electron chi connectivity index (χ3n) is 4.23. The third-order valence-corrected chi connectivity index (χ3v) is 4.53. The number of esters is 1. The van der Waals surface area contributed by atoms with Crippen LogP contribution in [-0.4, -0.2) is 22.1 Å². The largest absolute Gasteiger partial charge is 0.459 e. The van der Waals surface area contributed by atoms with Crippen LogP contribution in [0.4, 0.5) is 5.69 Å². The van der Waals surface area contributed by atoms with Crippen LogP contribution in [0.25, 0.3) is 0 Å². The molecule has 3 N–H and O–H groups in total. The zero-order chi connectivity index (χ0) is 22.2. The standard InChI is InChI=1S/C19H17ClN2O8/c1-8(2)28-19(25)15-14(9-3-4-12(22(26)27)11(20)5-9)17-16(30-18(15)21)13(24)6-10(7-23)29-17/h3-6,8,14,23H,7,21H2,1-2H3/t14-/m0/s1. The molecule has 0 unspecified atom stereocenters. The highest BCUT2D eigenvalue weighted by atomic mass is 35.5. The number of rotatable bonds is 5. The number of aliphatic hydroxyl groups excluding tert-OH is 1. The van der Waals surface area contributed by atoms with Crippen LogP contribution < -0.4 is 15.9 Å². The zero-order valence-electron chi connectivity index (χ0n) is 15.9. The van der Waals surface area contributed by atoms with Crippen molar-refractivity contribution in [3.63, 3.8) is 0 Å². The predicted octanol–water partition coefficient (Wildman–Crippen LogP) is 2.34. The Morgan fingerprint density at radius 2 is 2.10 bits per heavy atom. The Labute approximate surface area is 174 Å². The highest BCUT2D eigenvalue weighted by molar-refractivity contribution is 6.32. The van der Waals surface area contributed by atoms with E-state index in [1.54, 1.807) is 13.8 Å². The lowest BCUT2D eigenvalue weighted by Crippen LogP contribution is -2.31. The molecule has 0 amide bonds. The fraction of sp³-hybridized carbons (Fsp3) is 0.263. The maximum absolute atomic E-state index is 12.8. The van der Waals surface area contributed by atoms with Gasteiger partial charge in [-0.3, -0.25) is 14.9 Å². The van der Waals surface area contributed by atoms with E-state index in [0.717, 1.165) is 12.1 Å². The van der Waals surface area contributed by atoms with Gasteiger partial charge in [-0.2, -0.15) is 0 Å². The minimum atomic E-state index is -1.11. The first-order valence-corrected chi connectivity index (χ1v) is 9.11. The summed E-state index contributed by atoms with van der Waals surface area (Å²) >= 11 is 6.04. The number of carbonyl (C=O) groups is 1. The van der Waals surface area contributed by atoms with Crippen molar-refractivity contribution in [2.45, 2.75) is 32.5 Å². The lowest BCUT2D eigenvalue weighted by atomic mass is 9.86. The van der Waals surface area contributed by atoms with Crippen molar-refractivity contribution < 1.29 is 28.7 Å². The van der Waals surface area contributed by atoms with Gasteiger partial charge in [0.2, 0.25) is 17.1 Å². The highest BCUT2D eigenvalue weighted by Gasteiger charge is 2.40. The Morgan fingerprint density at radius 1 is 1.40 bits per heavy atom. The van der Waals surface area contributed by atoms with Crippen molar-refractivity contribution in [3.8, 4) is 5.75 Å². The van der Waals surface area contributed by atoms with Gasteiger partial charge < -0.3 is 24.7 Å². The molecule has 1 aliphatic heterocycles. The first-order valence-electron chi connectivity index (χ1n) is 8.74. The molecular formula is C19H17ClN2O8. The van der Waals surface area contributed by atoms with Gasteiger partial charge in [-0.15, -0.1) is 0 Å². The summed E-state index contributed by atoms with van der Waals surface area (Å²) in [6.45, 7) is 2.68. The molecule has 158 valence electrons. The van der Waals surface area contributed by atoms with Crippen LogP contribution in [0.5, 0.6) is 5.75 Å². The number of aliphatic hydroxyl groups is 1. The molecule has 2 aromatic rings. The summed E-state index contributed by atoms with van der Waals surface area (Å²) in [7, 11) is 0. The normalized spacial score (nSPS) is 15.6. The number of nitro groups is 1. The van der Waals surface area contributed by atoms with Crippen LogP contribution in [0.1, 0.15) is 36.8 Å². The van der Waals surface area contributed by atoms with Gasteiger partial charge in [0.25, 0.3) is 5.69 Å². The summed E-state index contributed by atoms with van der Waals surface area (Å²) in [5.41, 5.74) is 5.07. The molecule has 0 spiro atoms. The van der Waals surface area contributed by atoms with Crippen LogP contribution in [0.3, 0.4) is 0 Å². The number of nitro benzene ring substituents is 1. The fourth-order valence-corrected chi connectivity index (χ4v) is 3.28. The summed E-state index contributed by atoms with van der Waals surface area (Å²) in [5, 5.41) is 20.3. The number of hydrogen-bond acceptors (Lipinski definition) is 9. The number of benzene rings is 1. The van der Waals surface area contributed by atoms with Crippen LogP contribution in [-0.2, 0) is 16.1 Å². The maximum atomic E-state index is 12.8. The number of nitrogens with two attached hydrogens (primary N) is 1. The number of ether oxygens (including phenoxy) is 2. The molecule has 1 aliphatic rings. The second kappa shape index (κ2) is 8.17. The monoisotopic (exact) mass is 436 g/mol. The number of nitrogens with zero attached hydrogens (tertiary/aromatic N) is 1. The summed E-state index contributed by atoms with van der Waals surface area (Å²) in [4.78, 5) is 35.6. The van der Waals surface area contributed by atoms with E-state index in [4.69, 9.17) is 31.2 Å². The van der Waals surface area contributed by atoms with E-state index in [1.165, 1.54) is 12.1 Å². The molecule has 0 radical (unpaired) electrons. The molecule has 1 atom stereocenters. The molecule has 0 saturated carbocycles. The third kappa shape index (κ3) is 3.87. The summed E-state index contributed by atoms with van der Waals surface area (Å²) in [6, 6.07) is 4.80. The van der Waals surface area contributed by atoms with E-state index in [9.17, 15) is 24.8 Å². The van der Waals surface area contributed by atoms with Gasteiger partial charge >= 0.3 is 5.97 Å². The fourth-order valence-electron chi connectivity index (χ4n) is 3.02. The summed E-state index contributed by atoms with van der Waals surface area (Å²) in [6.07, 6.45) is -0.490. The van der Waals surface area contributed by atoms with Crippen LogP contribution in [0.15, 0.2) is 44.9 Å². The average molecular weight is 437 g/mol. The molecule has 0 bridgehead atoms. The average Bonchev–Trinajstić information content (AvgIpc) is 2.66. The second-order valence-corrected chi connectivity index (χ2v) is 7.07. The Bertz CT molecular complexity index is 1120. The Balaban J connectivity index is 2.27. The summed E-state index contributed by atoms with van der Waals surface area (Å²) < 4.78 is 16.2. The van der Waals surface area contributed by atoms with Crippen LogP contribution >= 0.6 is 11.6 Å². The molecule has 0 fully saturated rings. The smallest absolute Gasteiger partial charge is 0.340 e. The van der Waals surface area contributed by atoms with E-state index >= 15 is 0 Å². The number of hydrogen-bond donors (Lipinski definition) is 2. The molecule has 30 heavy (non-hydrogen) atoms. The zero-order valence-corrected chi connectivity index (χ0v) is 16.6. The van der Waals surface area contributed by atoms with Crippen molar-refractivity contribution >= 4 is 23.3 Å². The number of carbonyl (C=O) groups excluding carboxylic acids is 1. The predicted molar refractivity (Wildman–Crippen MR) is 104 cm³/mol. The van der Waals surface area contributed by atoms with Gasteiger partial charge in [0.15, 0.2) is 5.76 Å². The Morgan fingerprint density at radius 3 is 2.67 bits per heavy atom.